The lowest BCUT2D eigenvalue weighted by molar-refractivity contribution is 0.450. The molecule has 100 valence electrons. The summed E-state index contributed by atoms with van der Waals surface area (Å²) in [6, 6.07) is 0. The summed E-state index contributed by atoms with van der Waals surface area (Å²) < 4.78 is 1.15. The molecule has 0 N–H and O–H groups in total. The fourth-order valence-electron chi connectivity index (χ4n) is 2.21. The molecule has 0 unspecified atom stereocenters. The molecule has 0 spiro atoms. The molecule has 0 amide bonds. The summed E-state index contributed by atoms with van der Waals surface area (Å²) in [5.74, 6) is 1.22. The van der Waals surface area contributed by atoms with Crippen LogP contribution in [-0.4, -0.2) is 28.1 Å². The van der Waals surface area contributed by atoms with Crippen LogP contribution in [0.15, 0.2) is 0 Å². The molecule has 0 aliphatic carbocycles. The Kier molecular flexibility index (Phi) is 9.17. The minimum atomic E-state index is 1.15. The van der Waals surface area contributed by atoms with Crippen LogP contribution in [0.4, 0.5) is 0 Å². The molecule has 1 aliphatic rings. The molecule has 17 heavy (non-hydrogen) atoms. The van der Waals surface area contributed by atoms with Crippen molar-refractivity contribution in [3.8, 4) is 0 Å². The second kappa shape index (κ2) is 10.2. The minimum Gasteiger partial charge on any atom is -0.358 e. The van der Waals surface area contributed by atoms with E-state index in [2.05, 4.69) is 11.8 Å². The Bertz CT molecular complexity index is 198. The summed E-state index contributed by atoms with van der Waals surface area (Å²) in [5.41, 5.74) is 0. The van der Waals surface area contributed by atoms with Gasteiger partial charge in [-0.05, 0) is 19.3 Å². The molecule has 1 aliphatic heterocycles. The highest BCUT2D eigenvalue weighted by Gasteiger charge is 2.12. The number of nitrogens with zero attached hydrogens (tertiary/aromatic N) is 1. The maximum atomic E-state index is 5.52. The van der Waals surface area contributed by atoms with E-state index in [4.69, 9.17) is 12.2 Å². The number of thioether (sulfide) groups is 1. The predicted octanol–water partition coefficient (Wildman–Crippen LogP) is 4.85. The third kappa shape index (κ3) is 7.30. The Labute approximate surface area is 117 Å². The van der Waals surface area contributed by atoms with Crippen LogP contribution in [0.1, 0.15) is 64.7 Å². The van der Waals surface area contributed by atoms with E-state index in [1.54, 1.807) is 0 Å². The summed E-state index contributed by atoms with van der Waals surface area (Å²) in [4.78, 5) is 2.43. The second-order valence-electron chi connectivity index (χ2n) is 4.93. The van der Waals surface area contributed by atoms with Gasteiger partial charge in [0.15, 0.2) is 0 Å². The third-order valence-corrected chi connectivity index (χ3v) is 4.95. The Hall–Kier alpha value is 0.240. The number of hydrogen-bond acceptors (Lipinski definition) is 2. The number of likely N-dealkylation sites (tertiary alicyclic amines) is 1. The zero-order chi connectivity index (χ0) is 12.3. The van der Waals surface area contributed by atoms with Gasteiger partial charge in [0, 0.05) is 18.8 Å². The number of unbranched alkanes of at least 4 members (excludes halogenated alkanes) is 4. The minimum absolute atomic E-state index is 1.15. The Morgan fingerprint density at radius 3 is 2.29 bits per heavy atom. The van der Waals surface area contributed by atoms with Crippen molar-refractivity contribution in [2.45, 2.75) is 64.7 Å². The molecular weight excluding hydrogens is 246 g/mol. The molecule has 0 aromatic carbocycles. The van der Waals surface area contributed by atoms with Crippen LogP contribution in [0.2, 0.25) is 0 Å². The van der Waals surface area contributed by atoms with Crippen LogP contribution in [0.25, 0.3) is 0 Å². The molecule has 1 fully saturated rings. The highest BCUT2D eigenvalue weighted by atomic mass is 32.2. The van der Waals surface area contributed by atoms with Crippen LogP contribution in [-0.2, 0) is 0 Å². The van der Waals surface area contributed by atoms with E-state index in [0.29, 0.717) is 0 Å². The molecular formula is C14H27NS2. The van der Waals surface area contributed by atoms with Gasteiger partial charge in [0.05, 0.1) is 0 Å². The topological polar surface area (TPSA) is 3.24 Å². The van der Waals surface area contributed by atoms with Crippen molar-refractivity contribution < 1.29 is 0 Å². The molecule has 1 rings (SSSR count). The van der Waals surface area contributed by atoms with Gasteiger partial charge in [-0.3, -0.25) is 0 Å². The molecule has 1 saturated heterocycles. The zero-order valence-electron chi connectivity index (χ0n) is 11.2. The van der Waals surface area contributed by atoms with Gasteiger partial charge < -0.3 is 4.90 Å². The van der Waals surface area contributed by atoms with Crippen LogP contribution in [0.3, 0.4) is 0 Å². The van der Waals surface area contributed by atoms with Crippen molar-refractivity contribution in [3.05, 3.63) is 0 Å². The normalized spacial score (nSPS) is 16.9. The molecule has 1 heterocycles. The van der Waals surface area contributed by atoms with Crippen LogP contribution in [0.5, 0.6) is 0 Å². The van der Waals surface area contributed by atoms with Gasteiger partial charge in [-0.15, -0.1) is 0 Å². The van der Waals surface area contributed by atoms with Crippen molar-refractivity contribution in [1.29, 1.82) is 0 Å². The highest BCUT2D eigenvalue weighted by molar-refractivity contribution is 8.22. The van der Waals surface area contributed by atoms with E-state index in [0.717, 1.165) is 4.32 Å². The summed E-state index contributed by atoms with van der Waals surface area (Å²) in [7, 11) is 0. The average molecular weight is 274 g/mol. The van der Waals surface area contributed by atoms with Crippen molar-refractivity contribution >= 4 is 28.3 Å². The van der Waals surface area contributed by atoms with E-state index in [1.807, 2.05) is 11.8 Å². The van der Waals surface area contributed by atoms with Gasteiger partial charge in [0.2, 0.25) is 0 Å². The Morgan fingerprint density at radius 1 is 1.00 bits per heavy atom. The van der Waals surface area contributed by atoms with E-state index < -0.39 is 0 Å². The van der Waals surface area contributed by atoms with Crippen LogP contribution in [0, 0.1) is 0 Å². The zero-order valence-corrected chi connectivity index (χ0v) is 12.9. The monoisotopic (exact) mass is 273 g/mol. The molecule has 3 heteroatoms. The largest absolute Gasteiger partial charge is 0.358 e. The van der Waals surface area contributed by atoms with Crippen molar-refractivity contribution in [3.63, 3.8) is 0 Å². The fourth-order valence-corrected chi connectivity index (χ4v) is 3.53. The first-order valence-corrected chi connectivity index (χ1v) is 8.65. The Balaban J connectivity index is 2.03. The first kappa shape index (κ1) is 15.3. The lowest BCUT2D eigenvalue weighted by Gasteiger charge is -2.22. The highest BCUT2D eigenvalue weighted by Crippen LogP contribution is 2.17. The third-order valence-electron chi connectivity index (χ3n) is 3.34. The molecule has 0 aromatic heterocycles. The summed E-state index contributed by atoms with van der Waals surface area (Å²) >= 11 is 7.43. The summed E-state index contributed by atoms with van der Waals surface area (Å²) in [6.45, 7) is 4.66. The average Bonchev–Trinajstić information content (AvgIpc) is 2.62. The smallest absolute Gasteiger partial charge is 0.136 e. The Morgan fingerprint density at radius 2 is 1.65 bits per heavy atom. The van der Waals surface area contributed by atoms with Gasteiger partial charge in [-0.2, -0.15) is 0 Å². The first-order chi connectivity index (χ1) is 8.34. The van der Waals surface area contributed by atoms with Crippen molar-refractivity contribution in [2.24, 2.45) is 0 Å². The lowest BCUT2D eigenvalue weighted by Crippen LogP contribution is -2.28. The first-order valence-electron chi connectivity index (χ1n) is 7.26. The van der Waals surface area contributed by atoms with Crippen LogP contribution < -0.4 is 0 Å². The molecule has 0 saturated carbocycles. The van der Waals surface area contributed by atoms with Gasteiger partial charge in [-0.1, -0.05) is 69.4 Å². The summed E-state index contributed by atoms with van der Waals surface area (Å²) in [6.07, 6.45) is 12.3. The predicted molar refractivity (Wildman–Crippen MR) is 83.9 cm³/mol. The molecule has 0 atom stereocenters. The van der Waals surface area contributed by atoms with Crippen LogP contribution >= 0.6 is 24.0 Å². The number of hydrogen-bond donors (Lipinski definition) is 0. The van der Waals surface area contributed by atoms with Gasteiger partial charge in [0.25, 0.3) is 0 Å². The van der Waals surface area contributed by atoms with E-state index in [1.165, 1.54) is 76.6 Å². The quantitative estimate of drug-likeness (QED) is 0.503. The molecule has 0 radical (unpaired) electrons. The fraction of sp³-hybridized carbons (Fsp3) is 0.929. The number of rotatable bonds is 6. The maximum absolute atomic E-state index is 5.52. The maximum Gasteiger partial charge on any atom is 0.136 e. The molecule has 1 nitrogen and oxygen atoms in total. The van der Waals surface area contributed by atoms with E-state index in [-0.39, 0.29) is 0 Å². The standard InChI is InChI=1S/C14H27NS2/c1-2-3-4-7-10-13-17-14(16)15-11-8-5-6-9-12-15/h2-13H2,1H3. The molecule has 0 aromatic rings. The van der Waals surface area contributed by atoms with Crippen molar-refractivity contribution in [2.75, 3.05) is 18.8 Å². The summed E-state index contributed by atoms with van der Waals surface area (Å²) in [5, 5.41) is 0. The van der Waals surface area contributed by atoms with Gasteiger partial charge >= 0.3 is 0 Å². The van der Waals surface area contributed by atoms with Crippen molar-refractivity contribution in [1.82, 2.24) is 4.90 Å². The van der Waals surface area contributed by atoms with Gasteiger partial charge in [-0.25, -0.2) is 0 Å². The second-order valence-corrected chi connectivity index (χ2v) is 6.66. The van der Waals surface area contributed by atoms with E-state index >= 15 is 0 Å². The molecule has 0 bridgehead atoms. The number of thiocarbonyl (C=S) groups is 1. The lowest BCUT2D eigenvalue weighted by atomic mass is 10.2. The van der Waals surface area contributed by atoms with E-state index in [9.17, 15) is 0 Å². The SMILES string of the molecule is CCCCCCCSC(=S)N1CCCCCC1. The van der Waals surface area contributed by atoms with Gasteiger partial charge in [0.1, 0.15) is 4.32 Å².